The monoisotopic (exact) mass is 237 g/mol. The topological polar surface area (TPSA) is 50.1 Å². The summed E-state index contributed by atoms with van der Waals surface area (Å²) in [5, 5.41) is 9.41. The van der Waals surface area contributed by atoms with E-state index < -0.39 is 0 Å². The molecule has 0 aliphatic carbocycles. The molecule has 3 nitrogen and oxygen atoms in total. The normalized spacial score (nSPS) is 9.56. The molecule has 0 spiro atoms. The smallest absolute Gasteiger partial charge is 0.306 e. The van der Waals surface area contributed by atoms with Gasteiger partial charge in [-0.25, -0.2) is 0 Å². The van der Waals surface area contributed by atoms with Crippen LogP contribution in [-0.4, -0.2) is 12.6 Å². The van der Waals surface area contributed by atoms with Gasteiger partial charge in [0.2, 0.25) is 0 Å². The van der Waals surface area contributed by atoms with Gasteiger partial charge in [0.25, 0.3) is 0 Å². The van der Waals surface area contributed by atoms with Crippen molar-refractivity contribution in [1.82, 2.24) is 0 Å². The number of benzene rings is 1. The summed E-state index contributed by atoms with van der Waals surface area (Å²) in [6.45, 7) is 2.14. The summed E-state index contributed by atoms with van der Waals surface area (Å²) in [6, 6.07) is 7.13. The second-order valence-electron chi connectivity index (χ2n) is 3.22. The molecule has 0 aliphatic heterocycles. The van der Waals surface area contributed by atoms with Gasteiger partial charge in [0.1, 0.15) is 0 Å². The molecule has 0 atom stereocenters. The van der Waals surface area contributed by atoms with Gasteiger partial charge in [-0.3, -0.25) is 4.79 Å². The highest BCUT2D eigenvalue weighted by molar-refractivity contribution is 6.30. The maximum Gasteiger partial charge on any atom is 0.306 e. The lowest BCUT2D eigenvalue weighted by atomic mass is 10.0. The van der Waals surface area contributed by atoms with Crippen molar-refractivity contribution in [2.75, 3.05) is 6.61 Å². The largest absolute Gasteiger partial charge is 0.466 e. The van der Waals surface area contributed by atoms with Gasteiger partial charge in [-0.1, -0.05) is 17.7 Å². The number of esters is 1. The zero-order valence-electron chi connectivity index (χ0n) is 9.00. The minimum Gasteiger partial charge on any atom is -0.466 e. The summed E-state index contributed by atoms with van der Waals surface area (Å²) >= 11 is 5.77. The van der Waals surface area contributed by atoms with Gasteiger partial charge < -0.3 is 4.74 Å². The SMILES string of the molecule is CCOC(=O)CCc1ccc(Cl)cc1C#N. The van der Waals surface area contributed by atoms with Gasteiger partial charge in [-0.15, -0.1) is 0 Å². The Kier molecular flexibility index (Phi) is 4.81. The lowest BCUT2D eigenvalue weighted by Gasteiger charge is -2.04. The van der Waals surface area contributed by atoms with Gasteiger partial charge >= 0.3 is 5.97 Å². The third-order valence-electron chi connectivity index (χ3n) is 2.10. The van der Waals surface area contributed by atoms with E-state index in [0.717, 1.165) is 5.56 Å². The quantitative estimate of drug-likeness (QED) is 0.757. The molecule has 0 aliphatic rings. The summed E-state index contributed by atoms with van der Waals surface area (Å²) in [5.74, 6) is -0.249. The molecule has 1 rings (SSSR count). The molecule has 1 aromatic carbocycles. The van der Waals surface area contributed by atoms with Crippen molar-refractivity contribution in [3.8, 4) is 6.07 Å². The number of carbonyl (C=O) groups excluding carboxylic acids is 1. The molecule has 0 aromatic heterocycles. The number of halogens is 1. The number of ether oxygens (including phenoxy) is 1. The van der Waals surface area contributed by atoms with Crippen molar-refractivity contribution in [2.45, 2.75) is 19.8 Å². The van der Waals surface area contributed by atoms with E-state index in [1.165, 1.54) is 0 Å². The Bertz CT molecular complexity index is 424. The maximum atomic E-state index is 11.2. The number of carbonyl (C=O) groups is 1. The maximum absolute atomic E-state index is 11.2. The van der Waals surface area contributed by atoms with Gasteiger partial charge in [-0.05, 0) is 31.0 Å². The van der Waals surface area contributed by atoms with E-state index in [1.807, 2.05) is 0 Å². The Morgan fingerprint density at radius 2 is 2.31 bits per heavy atom. The summed E-state index contributed by atoms with van der Waals surface area (Å²) in [6.07, 6.45) is 0.781. The third-order valence-corrected chi connectivity index (χ3v) is 2.33. The molecule has 4 heteroatoms. The lowest BCUT2D eigenvalue weighted by Crippen LogP contribution is -2.05. The molecular formula is C12H12ClNO2. The van der Waals surface area contributed by atoms with Crippen molar-refractivity contribution < 1.29 is 9.53 Å². The van der Waals surface area contributed by atoms with Crippen LogP contribution in [-0.2, 0) is 16.0 Å². The molecule has 0 radical (unpaired) electrons. The van der Waals surface area contributed by atoms with Gasteiger partial charge in [-0.2, -0.15) is 5.26 Å². The number of aryl methyl sites for hydroxylation is 1. The molecule has 0 unspecified atom stereocenters. The van der Waals surface area contributed by atoms with Crippen molar-refractivity contribution in [3.63, 3.8) is 0 Å². The van der Waals surface area contributed by atoms with Crippen LogP contribution in [0.15, 0.2) is 18.2 Å². The highest BCUT2D eigenvalue weighted by Crippen LogP contribution is 2.16. The van der Waals surface area contributed by atoms with E-state index in [9.17, 15) is 4.79 Å². The predicted molar refractivity (Wildman–Crippen MR) is 61.1 cm³/mol. The van der Waals surface area contributed by atoms with Crippen LogP contribution < -0.4 is 0 Å². The number of hydrogen-bond donors (Lipinski definition) is 0. The summed E-state index contributed by atoms with van der Waals surface area (Å²) < 4.78 is 4.81. The minimum atomic E-state index is -0.249. The number of nitriles is 1. The van der Waals surface area contributed by atoms with Crippen LogP contribution in [0.25, 0.3) is 0 Å². The van der Waals surface area contributed by atoms with Crippen LogP contribution >= 0.6 is 11.6 Å². The predicted octanol–water partition coefficient (Wildman–Crippen LogP) is 2.71. The molecular weight excluding hydrogens is 226 g/mol. The Morgan fingerprint density at radius 1 is 1.56 bits per heavy atom. The highest BCUT2D eigenvalue weighted by Gasteiger charge is 2.06. The molecule has 16 heavy (non-hydrogen) atoms. The Morgan fingerprint density at radius 3 is 2.94 bits per heavy atom. The standard InChI is InChI=1S/C12H12ClNO2/c1-2-16-12(15)6-4-9-3-5-11(13)7-10(9)8-14/h3,5,7H,2,4,6H2,1H3. The zero-order chi connectivity index (χ0) is 12.0. The Labute approximate surface area is 99.6 Å². The number of hydrogen-bond acceptors (Lipinski definition) is 3. The van der Waals surface area contributed by atoms with Crippen molar-refractivity contribution in [1.29, 1.82) is 5.26 Å². The van der Waals surface area contributed by atoms with Crippen LogP contribution in [0.4, 0.5) is 0 Å². The van der Waals surface area contributed by atoms with Gasteiger partial charge in [0.05, 0.1) is 18.2 Å². The van der Waals surface area contributed by atoms with Crippen LogP contribution in [0.5, 0.6) is 0 Å². The minimum absolute atomic E-state index is 0.249. The fraction of sp³-hybridized carbons (Fsp3) is 0.333. The van der Waals surface area contributed by atoms with E-state index in [1.54, 1.807) is 25.1 Å². The molecule has 0 fully saturated rings. The Balaban J connectivity index is 2.67. The average molecular weight is 238 g/mol. The first-order valence-corrected chi connectivity index (χ1v) is 5.39. The van der Waals surface area contributed by atoms with Crippen LogP contribution in [0.3, 0.4) is 0 Å². The van der Waals surface area contributed by atoms with Crippen LogP contribution in [0, 0.1) is 11.3 Å². The summed E-state index contributed by atoms with van der Waals surface area (Å²) in [4.78, 5) is 11.2. The average Bonchev–Trinajstić information content (AvgIpc) is 2.27. The molecule has 0 N–H and O–H groups in total. The van der Waals surface area contributed by atoms with E-state index in [-0.39, 0.29) is 12.4 Å². The molecule has 0 amide bonds. The molecule has 0 heterocycles. The summed E-state index contributed by atoms with van der Waals surface area (Å²) in [7, 11) is 0. The van der Waals surface area contributed by atoms with Crippen molar-refractivity contribution in [2.24, 2.45) is 0 Å². The third kappa shape index (κ3) is 3.56. The zero-order valence-corrected chi connectivity index (χ0v) is 9.75. The van der Waals surface area contributed by atoms with E-state index >= 15 is 0 Å². The van der Waals surface area contributed by atoms with Gasteiger partial charge in [0, 0.05) is 11.4 Å². The van der Waals surface area contributed by atoms with E-state index in [4.69, 9.17) is 21.6 Å². The molecule has 0 saturated heterocycles. The number of rotatable bonds is 4. The van der Waals surface area contributed by atoms with E-state index in [2.05, 4.69) is 6.07 Å². The molecule has 1 aromatic rings. The highest BCUT2D eigenvalue weighted by atomic mass is 35.5. The number of nitrogens with zero attached hydrogens (tertiary/aromatic N) is 1. The Hall–Kier alpha value is -1.53. The molecule has 0 bridgehead atoms. The fourth-order valence-electron chi connectivity index (χ4n) is 1.34. The first-order valence-electron chi connectivity index (χ1n) is 5.01. The summed E-state index contributed by atoms with van der Waals surface area (Å²) in [5.41, 5.74) is 1.33. The first-order chi connectivity index (χ1) is 7.67. The van der Waals surface area contributed by atoms with Crippen molar-refractivity contribution >= 4 is 17.6 Å². The van der Waals surface area contributed by atoms with Gasteiger partial charge in [0.15, 0.2) is 0 Å². The van der Waals surface area contributed by atoms with Crippen molar-refractivity contribution in [3.05, 3.63) is 34.3 Å². The molecule has 0 saturated carbocycles. The first kappa shape index (κ1) is 12.5. The van der Waals surface area contributed by atoms with Crippen LogP contribution in [0.2, 0.25) is 5.02 Å². The fourth-order valence-corrected chi connectivity index (χ4v) is 1.51. The van der Waals surface area contributed by atoms with Crippen LogP contribution in [0.1, 0.15) is 24.5 Å². The van der Waals surface area contributed by atoms with E-state index in [0.29, 0.717) is 23.6 Å². The lowest BCUT2D eigenvalue weighted by molar-refractivity contribution is -0.143. The second kappa shape index (κ2) is 6.14. The molecule has 84 valence electrons. The second-order valence-corrected chi connectivity index (χ2v) is 3.65.